The molecule has 1 rings (SSSR count). The lowest BCUT2D eigenvalue weighted by Crippen LogP contribution is -2.38. The average molecular weight is 277 g/mol. The zero-order valence-electron chi connectivity index (χ0n) is 8.70. The maximum Gasteiger partial charge on any atom is 0.0449 e. The highest BCUT2D eigenvalue weighted by Gasteiger charge is 2.18. The Hall–Kier alpha value is -0.0500. The fourth-order valence-corrected chi connectivity index (χ4v) is 2.09. The van der Waals surface area contributed by atoms with Gasteiger partial charge < -0.3 is 5.32 Å². The summed E-state index contributed by atoms with van der Waals surface area (Å²) < 4.78 is 1.08. The van der Waals surface area contributed by atoms with Gasteiger partial charge in [0.05, 0.1) is 0 Å². The molecular formula is C11H15BrClN. The number of likely N-dealkylation sites (N-methyl/N-ethyl adjacent to an activating group) is 1. The van der Waals surface area contributed by atoms with Crippen molar-refractivity contribution in [3.8, 4) is 0 Å². The van der Waals surface area contributed by atoms with Gasteiger partial charge in [0.15, 0.2) is 0 Å². The molecule has 14 heavy (non-hydrogen) atoms. The summed E-state index contributed by atoms with van der Waals surface area (Å²) >= 11 is 9.65. The van der Waals surface area contributed by atoms with Crippen LogP contribution in [0.15, 0.2) is 22.7 Å². The third-order valence-electron chi connectivity index (χ3n) is 2.36. The molecule has 0 atom stereocenters. The zero-order chi connectivity index (χ0) is 10.8. The van der Waals surface area contributed by atoms with Crippen molar-refractivity contribution >= 4 is 27.5 Å². The Morgan fingerprint density at radius 2 is 2.07 bits per heavy atom. The number of benzene rings is 1. The molecular weight excluding hydrogens is 261 g/mol. The third-order valence-corrected chi connectivity index (χ3v) is 3.45. The maximum absolute atomic E-state index is 6.13. The molecule has 0 amide bonds. The van der Waals surface area contributed by atoms with Crippen molar-refractivity contribution in [2.24, 2.45) is 0 Å². The Labute approximate surface area is 99.0 Å². The molecule has 1 aromatic rings. The first kappa shape index (κ1) is 12.0. The molecule has 0 aliphatic heterocycles. The minimum absolute atomic E-state index is 0.0630. The van der Waals surface area contributed by atoms with E-state index in [0.717, 1.165) is 21.5 Å². The van der Waals surface area contributed by atoms with Gasteiger partial charge in [-0.05, 0) is 45.0 Å². The molecule has 0 aliphatic carbocycles. The van der Waals surface area contributed by atoms with E-state index in [4.69, 9.17) is 11.6 Å². The second-order valence-corrected chi connectivity index (χ2v) is 5.27. The molecule has 1 aromatic carbocycles. The van der Waals surface area contributed by atoms with E-state index in [9.17, 15) is 0 Å². The predicted octanol–water partition coefficient (Wildman–Crippen LogP) is 3.64. The van der Waals surface area contributed by atoms with E-state index < -0.39 is 0 Å². The fourth-order valence-electron chi connectivity index (χ4n) is 1.23. The Bertz CT molecular complexity index is 303. The Morgan fingerprint density at radius 3 is 2.57 bits per heavy atom. The van der Waals surface area contributed by atoms with E-state index in [0.29, 0.717) is 0 Å². The summed E-state index contributed by atoms with van der Waals surface area (Å²) in [7, 11) is 1.96. The lowest BCUT2D eigenvalue weighted by atomic mass is 9.95. The van der Waals surface area contributed by atoms with Crippen molar-refractivity contribution < 1.29 is 0 Å². The summed E-state index contributed by atoms with van der Waals surface area (Å²) in [6, 6.07) is 5.89. The quantitative estimate of drug-likeness (QED) is 0.889. The highest BCUT2D eigenvalue weighted by Crippen LogP contribution is 2.28. The fraction of sp³-hybridized carbons (Fsp3) is 0.455. The van der Waals surface area contributed by atoms with Crippen LogP contribution < -0.4 is 5.32 Å². The van der Waals surface area contributed by atoms with Gasteiger partial charge in [-0.3, -0.25) is 0 Å². The van der Waals surface area contributed by atoms with Crippen LogP contribution in [-0.2, 0) is 6.42 Å². The van der Waals surface area contributed by atoms with Gasteiger partial charge in [-0.1, -0.05) is 33.6 Å². The second kappa shape index (κ2) is 4.65. The topological polar surface area (TPSA) is 12.0 Å². The van der Waals surface area contributed by atoms with Crippen LogP contribution in [0.4, 0.5) is 0 Å². The van der Waals surface area contributed by atoms with Gasteiger partial charge in [0.1, 0.15) is 0 Å². The first-order chi connectivity index (χ1) is 6.46. The molecule has 0 saturated heterocycles. The number of rotatable bonds is 3. The minimum atomic E-state index is 0.0630. The van der Waals surface area contributed by atoms with E-state index in [-0.39, 0.29) is 5.54 Å². The molecule has 78 valence electrons. The monoisotopic (exact) mass is 275 g/mol. The van der Waals surface area contributed by atoms with E-state index in [2.05, 4.69) is 35.1 Å². The van der Waals surface area contributed by atoms with Crippen molar-refractivity contribution in [3.05, 3.63) is 33.3 Å². The normalized spacial score (nSPS) is 11.8. The Kier molecular flexibility index (Phi) is 3.99. The smallest absolute Gasteiger partial charge is 0.0449 e. The summed E-state index contributed by atoms with van der Waals surface area (Å²) in [6.45, 7) is 4.31. The summed E-state index contributed by atoms with van der Waals surface area (Å²) in [5.41, 5.74) is 1.22. The van der Waals surface area contributed by atoms with Crippen LogP contribution in [0.1, 0.15) is 19.4 Å². The van der Waals surface area contributed by atoms with Gasteiger partial charge in [0.2, 0.25) is 0 Å². The molecule has 0 unspecified atom stereocenters. The van der Waals surface area contributed by atoms with Crippen molar-refractivity contribution in [1.82, 2.24) is 5.32 Å². The van der Waals surface area contributed by atoms with Crippen LogP contribution >= 0.6 is 27.5 Å². The number of nitrogens with one attached hydrogen (secondary N) is 1. The molecule has 0 heterocycles. The summed E-state index contributed by atoms with van der Waals surface area (Å²) in [5.74, 6) is 0. The Morgan fingerprint density at radius 1 is 1.43 bits per heavy atom. The molecule has 1 N–H and O–H groups in total. The third kappa shape index (κ3) is 2.97. The van der Waals surface area contributed by atoms with Crippen molar-refractivity contribution in [1.29, 1.82) is 0 Å². The second-order valence-electron chi connectivity index (χ2n) is 4.01. The van der Waals surface area contributed by atoms with Gasteiger partial charge >= 0.3 is 0 Å². The average Bonchev–Trinajstić information content (AvgIpc) is 2.12. The Balaban J connectivity index is 2.97. The first-order valence-electron chi connectivity index (χ1n) is 4.58. The standard InChI is InChI=1S/C11H15BrClN/c1-11(2,14-3)7-8-9(12)5-4-6-10(8)13/h4-6,14H,7H2,1-3H3. The molecule has 0 spiro atoms. The zero-order valence-corrected chi connectivity index (χ0v) is 11.0. The molecule has 1 nitrogen and oxygen atoms in total. The van der Waals surface area contributed by atoms with Crippen LogP contribution in [0.25, 0.3) is 0 Å². The van der Waals surface area contributed by atoms with Crippen LogP contribution in [0.2, 0.25) is 5.02 Å². The highest BCUT2D eigenvalue weighted by molar-refractivity contribution is 9.10. The van der Waals surface area contributed by atoms with Crippen molar-refractivity contribution in [3.63, 3.8) is 0 Å². The molecule has 0 radical (unpaired) electrons. The van der Waals surface area contributed by atoms with E-state index in [1.807, 2.05) is 25.2 Å². The van der Waals surface area contributed by atoms with E-state index in [1.54, 1.807) is 0 Å². The van der Waals surface area contributed by atoms with Gasteiger partial charge in [0, 0.05) is 15.0 Å². The SMILES string of the molecule is CNC(C)(C)Cc1c(Cl)cccc1Br. The van der Waals surface area contributed by atoms with Crippen molar-refractivity contribution in [2.45, 2.75) is 25.8 Å². The van der Waals surface area contributed by atoms with Crippen LogP contribution in [0.5, 0.6) is 0 Å². The molecule has 0 saturated carbocycles. The van der Waals surface area contributed by atoms with Gasteiger partial charge in [-0.25, -0.2) is 0 Å². The van der Waals surface area contributed by atoms with Crippen LogP contribution in [0, 0.1) is 0 Å². The number of hydrogen-bond acceptors (Lipinski definition) is 1. The number of halogens is 2. The summed E-state index contributed by atoms with van der Waals surface area (Å²) in [6.07, 6.45) is 0.907. The van der Waals surface area contributed by atoms with Crippen LogP contribution in [0.3, 0.4) is 0 Å². The maximum atomic E-state index is 6.13. The minimum Gasteiger partial charge on any atom is -0.314 e. The summed E-state index contributed by atoms with van der Waals surface area (Å²) in [4.78, 5) is 0. The molecule has 0 fully saturated rings. The predicted molar refractivity (Wildman–Crippen MR) is 66.0 cm³/mol. The van der Waals surface area contributed by atoms with E-state index in [1.165, 1.54) is 0 Å². The first-order valence-corrected chi connectivity index (χ1v) is 5.75. The van der Waals surface area contributed by atoms with Gasteiger partial charge in [-0.15, -0.1) is 0 Å². The van der Waals surface area contributed by atoms with E-state index >= 15 is 0 Å². The van der Waals surface area contributed by atoms with Gasteiger partial charge in [0.25, 0.3) is 0 Å². The largest absolute Gasteiger partial charge is 0.314 e. The lowest BCUT2D eigenvalue weighted by Gasteiger charge is -2.25. The number of hydrogen-bond donors (Lipinski definition) is 1. The molecule has 3 heteroatoms. The summed E-state index contributed by atoms with van der Waals surface area (Å²) in [5, 5.41) is 4.09. The molecule has 0 aromatic heterocycles. The van der Waals surface area contributed by atoms with Crippen molar-refractivity contribution in [2.75, 3.05) is 7.05 Å². The van der Waals surface area contributed by atoms with Crippen LogP contribution in [-0.4, -0.2) is 12.6 Å². The lowest BCUT2D eigenvalue weighted by molar-refractivity contribution is 0.421. The van der Waals surface area contributed by atoms with Gasteiger partial charge in [-0.2, -0.15) is 0 Å². The highest BCUT2D eigenvalue weighted by atomic mass is 79.9. The molecule has 0 aliphatic rings. The molecule has 0 bridgehead atoms.